The number of rotatable bonds is 4. The Bertz CT molecular complexity index is 543. The fraction of sp³-hybridized carbons (Fsp3) is 0.200. The van der Waals surface area contributed by atoms with Crippen LogP contribution < -0.4 is 4.52 Å². The maximum absolute atomic E-state index is 12.5. The summed E-state index contributed by atoms with van der Waals surface area (Å²) in [5.74, 6) is 0.295. The van der Waals surface area contributed by atoms with Crippen LogP contribution in [-0.2, 0) is 0 Å². The van der Waals surface area contributed by atoms with Crippen LogP contribution in [0.3, 0.4) is 0 Å². The summed E-state index contributed by atoms with van der Waals surface area (Å²) in [6.07, 6.45) is 0. The second-order valence-corrected chi connectivity index (χ2v) is 5.05. The van der Waals surface area contributed by atoms with E-state index in [1.54, 1.807) is 12.1 Å². The monoisotopic (exact) mass is 280 g/mol. The Hall–Kier alpha value is -1.47. The Kier molecular flexibility index (Phi) is 4.49. The second kappa shape index (κ2) is 6.12. The lowest BCUT2D eigenvalue weighted by Crippen LogP contribution is -1.99. The standard InChI is InChI=1S/C15H15F2OP/c1-11-8-9-15(18-19(16)17)14(10-11)12(2)13-6-4-3-5-7-13/h3-10,12H,1-2H3. The first-order chi connectivity index (χ1) is 9.08. The third-order valence-electron chi connectivity index (χ3n) is 3.10. The lowest BCUT2D eigenvalue weighted by Gasteiger charge is -2.17. The van der Waals surface area contributed by atoms with Crippen molar-refractivity contribution in [2.24, 2.45) is 0 Å². The maximum Gasteiger partial charge on any atom is 0.481 e. The molecule has 1 atom stereocenters. The minimum absolute atomic E-state index is 0.0195. The van der Waals surface area contributed by atoms with E-state index in [4.69, 9.17) is 0 Å². The molecule has 4 heteroatoms. The topological polar surface area (TPSA) is 9.23 Å². The van der Waals surface area contributed by atoms with Crippen molar-refractivity contribution >= 4 is 8.77 Å². The molecule has 0 bridgehead atoms. The van der Waals surface area contributed by atoms with Gasteiger partial charge in [-0.2, -0.15) is 0 Å². The number of benzene rings is 2. The highest BCUT2D eigenvalue weighted by Crippen LogP contribution is 2.44. The van der Waals surface area contributed by atoms with E-state index in [1.807, 2.05) is 50.2 Å². The lowest BCUT2D eigenvalue weighted by atomic mass is 9.91. The van der Waals surface area contributed by atoms with E-state index < -0.39 is 8.77 Å². The van der Waals surface area contributed by atoms with Crippen LogP contribution in [-0.4, -0.2) is 0 Å². The zero-order valence-corrected chi connectivity index (χ0v) is 11.7. The Balaban J connectivity index is 2.39. The minimum Gasteiger partial charge on any atom is -0.420 e. The number of aryl methyl sites for hydroxylation is 1. The highest BCUT2D eigenvalue weighted by molar-refractivity contribution is 7.41. The fourth-order valence-corrected chi connectivity index (χ4v) is 2.40. The smallest absolute Gasteiger partial charge is 0.420 e. The molecule has 0 aromatic heterocycles. The molecule has 0 aliphatic carbocycles. The van der Waals surface area contributed by atoms with Crippen molar-refractivity contribution in [2.75, 3.05) is 0 Å². The molecule has 0 N–H and O–H groups in total. The first kappa shape index (κ1) is 14.0. The normalized spacial score (nSPS) is 12.5. The molecule has 19 heavy (non-hydrogen) atoms. The van der Waals surface area contributed by atoms with Crippen molar-refractivity contribution in [3.8, 4) is 5.75 Å². The molecule has 0 amide bonds. The summed E-state index contributed by atoms with van der Waals surface area (Å²) in [6.45, 7) is 3.94. The Morgan fingerprint density at radius 1 is 1.05 bits per heavy atom. The quantitative estimate of drug-likeness (QED) is 0.653. The van der Waals surface area contributed by atoms with Gasteiger partial charge in [-0.3, -0.25) is 0 Å². The van der Waals surface area contributed by atoms with Crippen molar-refractivity contribution in [1.82, 2.24) is 0 Å². The van der Waals surface area contributed by atoms with Crippen LogP contribution in [0, 0.1) is 6.92 Å². The van der Waals surface area contributed by atoms with Crippen molar-refractivity contribution in [3.05, 3.63) is 65.2 Å². The third kappa shape index (κ3) is 3.51. The molecule has 0 fully saturated rings. The SMILES string of the molecule is Cc1ccc(OP(F)F)c(C(C)c2ccccc2)c1. The predicted octanol–water partition coefficient (Wildman–Crippen LogP) is 5.69. The first-order valence-corrected chi connectivity index (χ1v) is 7.07. The Morgan fingerprint density at radius 3 is 2.37 bits per heavy atom. The third-order valence-corrected chi connectivity index (χ3v) is 3.43. The van der Waals surface area contributed by atoms with Crippen LogP contribution in [0.5, 0.6) is 5.75 Å². The molecular formula is C15H15F2OP. The van der Waals surface area contributed by atoms with Crippen molar-refractivity contribution in [3.63, 3.8) is 0 Å². The zero-order valence-electron chi connectivity index (χ0n) is 10.8. The number of halogens is 2. The molecule has 0 spiro atoms. The van der Waals surface area contributed by atoms with Gasteiger partial charge in [0, 0.05) is 11.5 Å². The highest BCUT2D eigenvalue weighted by atomic mass is 31.2. The van der Waals surface area contributed by atoms with Crippen molar-refractivity contribution in [2.45, 2.75) is 19.8 Å². The molecular weight excluding hydrogens is 265 g/mol. The van der Waals surface area contributed by atoms with E-state index in [2.05, 4.69) is 4.52 Å². The van der Waals surface area contributed by atoms with E-state index in [9.17, 15) is 8.39 Å². The van der Waals surface area contributed by atoms with Gasteiger partial charge in [0.25, 0.3) is 0 Å². The van der Waals surface area contributed by atoms with Gasteiger partial charge in [-0.05, 0) is 18.6 Å². The number of hydrogen-bond donors (Lipinski definition) is 0. The molecule has 2 rings (SSSR count). The summed E-state index contributed by atoms with van der Waals surface area (Å²) in [4.78, 5) is 0. The predicted molar refractivity (Wildman–Crippen MR) is 74.9 cm³/mol. The molecule has 0 aliphatic rings. The molecule has 2 aromatic carbocycles. The summed E-state index contributed by atoms with van der Waals surface area (Å²) >= 11 is 0. The highest BCUT2D eigenvalue weighted by Gasteiger charge is 2.17. The largest absolute Gasteiger partial charge is 0.481 e. The fourth-order valence-electron chi connectivity index (χ4n) is 2.09. The Morgan fingerprint density at radius 2 is 1.74 bits per heavy atom. The average molecular weight is 280 g/mol. The van der Waals surface area contributed by atoms with Crippen LogP contribution >= 0.6 is 8.77 Å². The first-order valence-electron chi connectivity index (χ1n) is 6.03. The van der Waals surface area contributed by atoms with Gasteiger partial charge in [-0.15, -0.1) is 8.39 Å². The van der Waals surface area contributed by atoms with Gasteiger partial charge < -0.3 is 4.52 Å². The lowest BCUT2D eigenvalue weighted by molar-refractivity contribution is 0.500. The average Bonchev–Trinajstić information content (AvgIpc) is 2.40. The van der Waals surface area contributed by atoms with Crippen molar-refractivity contribution in [1.29, 1.82) is 0 Å². The molecule has 2 aromatic rings. The molecule has 0 saturated carbocycles. The van der Waals surface area contributed by atoms with Crippen LogP contribution in [0.2, 0.25) is 0 Å². The van der Waals surface area contributed by atoms with Gasteiger partial charge in [0.15, 0.2) is 0 Å². The molecule has 0 aliphatic heterocycles. The zero-order chi connectivity index (χ0) is 13.8. The molecule has 0 radical (unpaired) electrons. The summed E-state index contributed by atoms with van der Waals surface area (Å²) in [5, 5.41) is 0. The van der Waals surface area contributed by atoms with Gasteiger partial charge >= 0.3 is 8.77 Å². The van der Waals surface area contributed by atoms with Gasteiger partial charge in [0.2, 0.25) is 0 Å². The van der Waals surface area contributed by atoms with Crippen LogP contribution in [0.4, 0.5) is 8.39 Å². The van der Waals surface area contributed by atoms with Gasteiger partial charge in [-0.1, -0.05) is 55.0 Å². The van der Waals surface area contributed by atoms with Crippen LogP contribution in [0.15, 0.2) is 48.5 Å². The van der Waals surface area contributed by atoms with E-state index in [0.29, 0.717) is 0 Å². The van der Waals surface area contributed by atoms with Crippen molar-refractivity contribution < 1.29 is 12.9 Å². The van der Waals surface area contributed by atoms with Crippen LogP contribution in [0.1, 0.15) is 29.5 Å². The van der Waals surface area contributed by atoms with E-state index in [1.165, 1.54) is 0 Å². The molecule has 0 heterocycles. The van der Waals surface area contributed by atoms with E-state index in [-0.39, 0.29) is 11.7 Å². The van der Waals surface area contributed by atoms with Gasteiger partial charge in [0.05, 0.1) is 0 Å². The summed E-state index contributed by atoms with van der Waals surface area (Å²) in [7, 11) is -3.40. The maximum atomic E-state index is 12.5. The second-order valence-electron chi connectivity index (χ2n) is 4.47. The molecule has 100 valence electrons. The minimum atomic E-state index is -3.40. The van der Waals surface area contributed by atoms with E-state index >= 15 is 0 Å². The van der Waals surface area contributed by atoms with Gasteiger partial charge in [-0.25, -0.2) is 0 Å². The molecule has 1 nitrogen and oxygen atoms in total. The van der Waals surface area contributed by atoms with Crippen LogP contribution in [0.25, 0.3) is 0 Å². The molecule has 0 saturated heterocycles. The molecule has 1 unspecified atom stereocenters. The van der Waals surface area contributed by atoms with E-state index in [0.717, 1.165) is 16.7 Å². The Labute approximate surface area is 113 Å². The summed E-state index contributed by atoms with van der Waals surface area (Å²) in [5.41, 5.74) is 2.92. The number of hydrogen-bond acceptors (Lipinski definition) is 1. The summed E-state index contributed by atoms with van der Waals surface area (Å²) < 4.78 is 29.7. The van der Waals surface area contributed by atoms with Gasteiger partial charge in [0.1, 0.15) is 5.75 Å². The summed E-state index contributed by atoms with van der Waals surface area (Å²) in [6, 6.07) is 15.1.